The predicted octanol–water partition coefficient (Wildman–Crippen LogP) is 3.78. The Morgan fingerprint density at radius 3 is 2.38 bits per heavy atom. The summed E-state index contributed by atoms with van der Waals surface area (Å²) in [6.45, 7) is 0. The highest BCUT2D eigenvalue weighted by molar-refractivity contribution is 9.10. The lowest BCUT2D eigenvalue weighted by atomic mass is 10.1. The molecule has 0 unspecified atom stereocenters. The van der Waals surface area contributed by atoms with Crippen LogP contribution in [0, 0.1) is 0 Å². The van der Waals surface area contributed by atoms with Crippen molar-refractivity contribution in [3.63, 3.8) is 0 Å². The van der Waals surface area contributed by atoms with Gasteiger partial charge in [-0.3, -0.25) is 0 Å². The summed E-state index contributed by atoms with van der Waals surface area (Å²) < 4.78 is 1.08. The molecule has 0 radical (unpaired) electrons. The van der Waals surface area contributed by atoms with Gasteiger partial charge in [-0.15, -0.1) is 0 Å². The summed E-state index contributed by atoms with van der Waals surface area (Å²) in [4.78, 5) is 8.85. The summed E-state index contributed by atoms with van der Waals surface area (Å²) in [6, 6.07) is 8.13. The maximum atomic E-state index is 4.43. The smallest absolute Gasteiger partial charge is 0.131 e. The van der Waals surface area contributed by atoms with Gasteiger partial charge >= 0.3 is 0 Å². The number of aromatic nitrogens is 2. The van der Waals surface area contributed by atoms with E-state index in [2.05, 4.69) is 32.0 Å². The van der Waals surface area contributed by atoms with E-state index in [0.717, 1.165) is 21.4 Å². The van der Waals surface area contributed by atoms with Crippen molar-refractivity contribution in [2.24, 2.45) is 0 Å². The lowest BCUT2D eigenvalue weighted by molar-refractivity contribution is 0.928. The predicted molar refractivity (Wildman–Crippen MR) is 67.1 cm³/mol. The minimum absolute atomic E-state index is 0.619. The van der Waals surface area contributed by atoms with E-state index in [4.69, 9.17) is 0 Å². The largest absolute Gasteiger partial charge is 0.240 e. The van der Waals surface area contributed by atoms with Crippen LogP contribution in [0.4, 0.5) is 0 Å². The quantitative estimate of drug-likeness (QED) is 0.833. The van der Waals surface area contributed by atoms with Gasteiger partial charge < -0.3 is 0 Å². The fourth-order valence-corrected chi connectivity index (χ4v) is 2.24. The molecule has 16 heavy (non-hydrogen) atoms. The molecule has 0 bridgehead atoms. The molecule has 80 valence electrons. The van der Waals surface area contributed by atoms with Crippen LogP contribution in [0.25, 0.3) is 11.1 Å². The van der Waals surface area contributed by atoms with Gasteiger partial charge in [0.2, 0.25) is 0 Å². The first-order chi connectivity index (χ1) is 7.84. The molecule has 0 amide bonds. The van der Waals surface area contributed by atoms with Crippen LogP contribution in [0.2, 0.25) is 0 Å². The fraction of sp³-hybridized carbons (Fsp3) is 0.231. The van der Waals surface area contributed by atoms with Crippen molar-refractivity contribution in [1.82, 2.24) is 9.97 Å². The molecule has 1 aliphatic carbocycles. The highest BCUT2D eigenvalue weighted by Crippen LogP contribution is 2.38. The lowest BCUT2D eigenvalue weighted by Gasteiger charge is -2.04. The zero-order valence-electron chi connectivity index (χ0n) is 8.73. The first-order valence-electron chi connectivity index (χ1n) is 5.41. The zero-order chi connectivity index (χ0) is 11.0. The van der Waals surface area contributed by atoms with Crippen molar-refractivity contribution in [1.29, 1.82) is 0 Å². The van der Waals surface area contributed by atoms with Gasteiger partial charge in [0.05, 0.1) is 0 Å². The minimum Gasteiger partial charge on any atom is -0.240 e. The molecule has 0 atom stereocenters. The van der Waals surface area contributed by atoms with Crippen LogP contribution in [0.15, 0.2) is 41.1 Å². The Hall–Kier alpha value is -1.22. The Kier molecular flexibility index (Phi) is 2.48. The van der Waals surface area contributed by atoms with Crippen LogP contribution < -0.4 is 0 Å². The second kappa shape index (κ2) is 3.98. The third-order valence-corrected chi connectivity index (χ3v) is 3.49. The van der Waals surface area contributed by atoms with Crippen LogP contribution in [-0.2, 0) is 0 Å². The molecule has 0 spiro atoms. The SMILES string of the molecule is Brc1ccccc1-c1cnc(C2CC2)nc1. The van der Waals surface area contributed by atoms with Crippen molar-refractivity contribution in [3.8, 4) is 11.1 Å². The van der Waals surface area contributed by atoms with Gasteiger partial charge in [0.25, 0.3) is 0 Å². The molecule has 2 aromatic rings. The van der Waals surface area contributed by atoms with Gasteiger partial charge in [-0.2, -0.15) is 0 Å². The maximum absolute atomic E-state index is 4.43. The van der Waals surface area contributed by atoms with Crippen molar-refractivity contribution in [2.45, 2.75) is 18.8 Å². The van der Waals surface area contributed by atoms with E-state index in [-0.39, 0.29) is 0 Å². The molecule has 1 fully saturated rings. The zero-order valence-corrected chi connectivity index (χ0v) is 10.3. The molecule has 1 aromatic carbocycles. The Morgan fingerprint density at radius 1 is 1.06 bits per heavy atom. The second-order valence-electron chi connectivity index (χ2n) is 4.08. The van der Waals surface area contributed by atoms with E-state index >= 15 is 0 Å². The molecule has 0 aliphatic heterocycles. The number of hydrogen-bond donors (Lipinski definition) is 0. The molecule has 1 heterocycles. The number of hydrogen-bond acceptors (Lipinski definition) is 2. The molecule has 1 aromatic heterocycles. The van der Waals surface area contributed by atoms with Crippen molar-refractivity contribution < 1.29 is 0 Å². The number of rotatable bonds is 2. The van der Waals surface area contributed by atoms with E-state index in [9.17, 15) is 0 Å². The Balaban J connectivity index is 1.97. The van der Waals surface area contributed by atoms with Crippen LogP contribution in [0.5, 0.6) is 0 Å². The van der Waals surface area contributed by atoms with Gasteiger partial charge in [0.1, 0.15) is 5.82 Å². The molecule has 0 N–H and O–H groups in total. The van der Waals surface area contributed by atoms with Gasteiger partial charge in [0, 0.05) is 28.3 Å². The van der Waals surface area contributed by atoms with E-state index in [0.29, 0.717) is 5.92 Å². The topological polar surface area (TPSA) is 25.8 Å². The summed E-state index contributed by atoms with van der Waals surface area (Å²) in [7, 11) is 0. The Morgan fingerprint density at radius 2 is 1.75 bits per heavy atom. The Labute approximate surface area is 103 Å². The molecule has 1 saturated carbocycles. The van der Waals surface area contributed by atoms with Crippen LogP contribution in [0.1, 0.15) is 24.6 Å². The fourth-order valence-electron chi connectivity index (χ4n) is 1.72. The van der Waals surface area contributed by atoms with Crippen molar-refractivity contribution in [3.05, 3.63) is 47.0 Å². The highest BCUT2D eigenvalue weighted by atomic mass is 79.9. The molecule has 2 nitrogen and oxygen atoms in total. The normalized spacial score (nSPS) is 15.1. The number of nitrogens with zero attached hydrogens (tertiary/aromatic N) is 2. The monoisotopic (exact) mass is 274 g/mol. The first kappa shape index (κ1) is 9.97. The molecule has 0 saturated heterocycles. The van der Waals surface area contributed by atoms with Crippen LogP contribution >= 0.6 is 15.9 Å². The standard InChI is InChI=1S/C13H11BrN2/c14-12-4-2-1-3-11(12)10-7-15-13(16-8-10)9-5-6-9/h1-4,7-9H,5-6H2. The minimum atomic E-state index is 0.619. The molecule has 3 rings (SSSR count). The third kappa shape index (κ3) is 1.87. The average Bonchev–Trinajstić information content (AvgIpc) is 3.14. The second-order valence-corrected chi connectivity index (χ2v) is 4.94. The van der Waals surface area contributed by atoms with Crippen molar-refractivity contribution >= 4 is 15.9 Å². The van der Waals surface area contributed by atoms with E-state index in [1.54, 1.807) is 0 Å². The summed E-state index contributed by atoms with van der Waals surface area (Å²) >= 11 is 3.54. The van der Waals surface area contributed by atoms with Gasteiger partial charge in [-0.25, -0.2) is 9.97 Å². The number of halogens is 1. The summed E-state index contributed by atoms with van der Waals surface area (Å²) in [6.07, 6.45) is 6.32. The van der Waals surface area contributed by atoms with Gasteiger partial charge in [0.15, 0.2) is 0 Å². The van der Waals surface area contributed by atoms with Crippen molar-refractivity contribution in [2.75, 3.05) is 0 Å². The molecule has 1 aliphatic rings. The third-order valence-electron chi connectivity index (χ3n) is 2.80. The first-order valence-corrected chi connectivity index (χ1v) is 6.21. The van der Waals surface area contributed by atoms with Crippen LogP contribution in [0.3, 0.4) is 0 Å². The Bertz CT molecular complexity index is 504. The average molecular weight is 275 g/mol. The molecular weight excluding hydrogens is 264 g/mol. The molecular formula is C13H11BrN2. The summed E-state index contributed by atoms with van der Waals surface area (Å²) in [5.41, 5.74) is 2.21. The highest BCUT2D eigenvalue weighted by Gasteiger charge is 2.26. The van der Waals surface area contributed by atoms with Gasteiger partial charge in [-0.05, 0) is 24.5 Å². The van der Waals surface area contributed by atoms with E-state index < -0.39 is 0 Å². The van der Waals surface area contributed by atoms with E-state index in [1.807, 2.05) is 30.6 Å². The van der Waals surface area contributed by atoms with Crippen LogP contribution in [-0.4, -0.2) is 9.97 Å². The summed E-state index contributed by atoms with van der Waals surface area (Å²) in [5.74, 6) is 1.61. The van der Waals surface area contributed by atoms with Gasteiger partial charge in [-0.1, -0.05) is 34.1 Å². The number of benzene rings is 1. The maximum Gasteiger partial charge on any atom is 0.131 e. The molecule has 3 heteroatoms. The lowest BCUT2D eigenvalue weighted by Crippen LogP contribution is -1.92. The summed E-state index contributed by atoms with van der Waals surface area (Å²) in [5, 5.41) is 0. The van der Waals surface area contributed by atoms with E-state index in [1.165, 1.54) is 12.8 Å².